The van der Waals surface area contributed by atoms with Crippen LogP contribution in [0.1, 0.15) is 10.4 Å². The molecule has 0 aliphatic heterocycles. The molecule has 2 aromatic rings. The van der Waals surface area contributed by atoms with E-state index >= 15 is 0 Å². The third-order valence-corrected chi connectivity index (χ3v) is 3.80. The molecule has 2 N–H and O–H groups in total. The number of hydrogen-bond acceptors (Lipinski definition) is 2. The van der Waals surface area contributed by atoms with Crippen molar-refractivity contribution in [2.45, 2.75) is 13.0 Å². The van der Waals surface area contributed by atoms with Crippen LogP contribution in [0, 0.1) is 11.6 Å². The van der Waals surface area contributed by atoms with E-state index in [0.717, 1.165) is 12.1 Å². The van der Waals surface area contributed by atoms with Crippen molar-refractivity contribution in [3.05, 3.63) is 57.8 Å². The number of guanidine groups is 1. The topological polar surface area (TPSA) is 36.4 Å². The van der Waals surface area contributed by atoms with Crippen LogP contribution in [0.25, 0.3) is 0 Å². The van der Waals surface area contributed by atoms with E-state index in [4.69, 9.17) is 0 Å². The summed E-state index contributed by atoms with van der Waals surface area (Å²) < 4.78 is 26.5. The summed E-state index contributed by atoms with van der Waals surface area (Å²) in [6.45, 7) is 1.16. The van der Waals surface area contributed by atoms with Crippen molar-refractivity contribution < 1.29 is 8.78 Å². The van der Waals surface area contributed by atoms with Crippen molar-refractivity contribution in [3.63, 3.8) is 0 Å². The summed E-state index contributed by atoms with van der Waals surface area (Å²) in [6.07, 6.45) is 0.392. The molecule has 1 heterocycles. The first-order chi connectivity index (χ1) is 10.2. The number of halogens is 2. The third kappa shape index (κ3) is 4.82. The Morgan fingerprint density at radius 1 is 1.24 bits per heavy atom. The number of nitrogens with one attached hydrogen (secondary N) is 2. The predicted molar refractivity (Wildman–Crippen MR) is 82.6 cm³/mol. The molecule has 0 radical (unpaired) electrons. The molecule has 1 aromatic heterocycles. The zero-order valence-corrected chi connectivity index (χ0v) is 12.5. The lowest BCUT2D eigenvalue weighted by atomic mass is 10.1. The maximum absolute atomic E-state index is 13.5. The quantitative estimate of drug-likeness (QED) is 0.658. The van der Waals surface area contributed by atoms with E-state index in [0.29, 0.717) is 31.0 Å². The van der Waals surface area contributed by atoms with Crippen LogP contribution in [0.3, 0.4) is 0 Å². The van der Waals surface area contributed by atoms with E-state index in [1.165, 1.54) is 10.9 Å². The third-order valence-electron chi connectivity index (χ3n) is 2.93. The lowest BCUT2D eigenvalue weighted by Gasteiger charge is -2.11. The average molecular weight is 309 g/mol. The minimum atomic E-state index is -0.424. The maximum atomic E-state index is 13.5. The first-order valence-electron chi connectivity index (χ1n) is 6.60. The fourth-order valence-electron chi connectivity index (χ4n) is 1.86. The van der Waals surface area contributed by atoms with Gasteiger partial charge in [-0.2, -0.15) is 0 Å². The molecule has 0 fully saturated rings. The number of rotatable bonds is 5. The van der Waals surface area contributed by atoms with Crippen LogP contribution in [-0.4, -0.2) is 19.6 Å². The van der Waals surface area contributed by atoms with Gasteiger partial charge in [0.15, 0.2) is 5.96 Å². The van der Waals surface area contributed by atoms with Crippen molar-refractivity contribution in [1.82, 2.24) is 10.6 Å². The highest BCUT2D eigenvalue weighted by atomic mass is 32.1. The highest BCUT2D eigenvalue weighted by Crippen LogP contribution is 2.10. The second kappa shape index (κ2) is 7.73. The Labute approximate surface area is 126 Å². The van der Waals surface area contributed by atoms with Gasteiger partial charge in [-0.3, -0.25) is 4.99 Å². The molecule has 112 valence electrons. The first kappa shape index (κ1) is 15.4. The van der Waals surface area contributed by atoms with E-state index in [1.54, 1.807) is 18.4 Å². The van der Waals surface area contributed by atoms with Crippen LogP contribution in [0.4, 0.5) is 8.78 Å². The monoisotopic (exact) mass is 309 g/mol. The van der Waals surface area contributed by atoms with Crippen LogP contribution in [-0.2, 0) is 13.0 Å². The van der Waals surface area contributed by atoms with Gasteiger partial charge in [0.05, 0.1) is 6.54 Å². The average Bonchev–Trinajstić information content (AvgIpc) is 2.99. The molecule has 0 saturated carbocycles. The Balaban J connectivity index is 1.79. The zero-order valence-electron chi connectivity index (χ0n) is 11.7. The molecule has 21 heavy (non-hydrogen) atoms. The second-order valence-corrected chi connectivity index (χ2v) is 5.45. The van der Waals surface area contributed by atoms with Crippen molar-refractivity contribution in [3.8, 4) is 0 Å². The van der Waals surface area contributed by atoms with Gasteiger partial charge in [0.2, 0.25) is 0 Å². The minimum Gasteiger partial charge on any atom is -0.356 e. The summed E-state index contributed by atoms with van der Waals surface area (Å²) in [7, 11) is 1.67. The Morgan fingerprint density at radius 2 is 2.10 bits per heavy atom. The van der Waals surface area contributed by atoms with Crippen LogP contribution < -0.4 is 10.6 Å². The fraction of sp³-hybridized carbons (Fsp3) is 0.267. The molecule has 0 amide bonds. The number of hydrogen-bond donors (Lipinski definition) is 2. The summed E-state index contributed by atoms with van der Waals surface area (Å²) in [4.78, 5) is 5.29. The summed E-state index contributed by atoms with van der Waals surface area (Å²) >= 11 is 1.66. The van der Waals surface area contributed by atoms with Gasteiger partial charge in [0.25, 0.3) is 0 Å². The lowest BCUT2D eigenvalue weighted by molar-refractivity contribution is 0.583. The van der Waals surface area contributed by atoms with E-state index < -0.39 is 5.82 Å². The van der Waals surface area contributed by atoms with Crippen LogP contribution in [0.15, 0.2) is 40.7 Å². The predicted octanol–water partition coefficient (Wildman–Crippen LogP) is 2.93. The van der Waals surface area contributed by atoms with Gasteiger partial charge in [-0.1, -0.05) is 6.07 Å². The summed E-state index contributed by atoms with van der Waals surface area (Å²) in [5, 5.41) is 8.26. The molecule has 6 heteroatoms. The first-order valence-corrected chi connectivity index (χ1v) is 7.48. The van der Waals surface area contributed by atoms with Crippen molar-refractivity contribution in [2.24, 2.45) is 4.99 Å². The van der Waals surface area contributed by atoms with Gasteiger partial charge in [-0.25, -0.2) is 8.78 Å². The standard InChI is InChI=1S/C15H17F2N3S/c1-18-15(20-10-13-3-2-8-21-13)19-7-6-11-9-12(16)4-5-14(11)17/h2-5,8-9H,6-7,10H2,1H3,(H2,18,19,20). The SMILES string of the molecule is CN=C(NCCc1cc(F)ccc1F)NCc1cccs1. The molecule has 0 aliphatic carbocycles. The van der Waals surface area contributed by atoms with Gasteiger partial charge in [-0.05, 0) is 41.6 Å². The fourth-order valence-corrected chi connectivity index (χ4v) is 2.50. The van der Waals surface area contributed by atoms with Gasteiger partial charge in [0, 0.05) is 18.5 Å². The maximum Gasteiger partial charge on any atom is 0.191 e. The van der Waals surface area contributed by atoms with Crippen molar-refractivity contribution in [1.29, 1.82) is 0 Å². The Bertz CT molecular complexity index is 597. The molecular weight excluding hydrogens is 292 g/mol. The Kier molecular flexibility index (Phi) is 5.68. The lowest BCUT2D eigenvalue weighted by Crippen LogP contribution is -2.37. The molecule has 0 spiro atoms. The summed E-state index contributed by atoms with van der Waals surface area (Å²) in [6, 6.07) is 7.51. The molecule has 0 saturated heterocycles. The zero-order chi connectivity index (χ0) is 15.1. The highest BCUT2D eigenvalue weighted by molar-refractivity contribution is 7.09. The summed E-state index contributed by atoms with van der Waals surface area (Å²) in [5.41, 5.74) is 0.358. The molecule has 2 rings (SSSR count). The van der Waals surface area contributed by atoms with Crippen LogP contribution in [0.2, 0.25) is 0 Å². The smallest absolute Gasteiger partial charge is 0.191 e. The van der Waals surface area contributed by atoms with Gasteiger partial charge in [-0.15, -0.1) is 11.3 Å². The highest BCUT2D eigenvalue weighted by Gasteiger charge is 2.04. The van der Waals surface area contributed by atoms with Gasteiger partial charge >= 0.3 is 0 Å². The van der Waals surface area contributed by atoms with Crippen molar-refractivity contribution >= 4 is 17.3 Å². The Hall–Kier alpha value is -1.95. The summed E-state index contributed by atoms with van der Waals surface area (Å²) in [5.74, 6) is -0.174. The van der Waals surface area contributed by atoms with E-state index in [9.17, 15) is 8.78 Å². The van der Waals surface area contributed by atoms with Gasteiger partial charge < -0.3 is 10.6 Å². The molecule has 0 aliphatic rings. The molecule has 0 unspecified atom stereocenters. The van der Waals surface area contributed by atoms with Crippen molar-refractivity contribution in [2.75, 3.05) is 13.6 Å². The molecule has 0 atom stereocenters. The molecule has 3 nitrogen and oxygen atoms in total. The number of benzene rings is 1. The van der Waals surface area contributed by atoms with Crippen LogP contribution in [0.5, 0.6) is 0 Å². The van der Waals surface area contributed by atoms with E-state index in [1.807, 2.05) is 17.5 Å². The van der Waals surface area contributed by atoms with Gasteiger partial charge in [0.1, 0.15) is 11.6 Å². The minimum absolute atomic E-state index is 0.358. The second-order valence-electron chi connectivity index (χ2n) is 4.42. The molecule has 0 bridgehead atoms. The largest absolute Gasteiger partial charge is 0.356 e. The Morgan fingerprint density at radius 3 is 2.81 bits per heavy atom. The normalized spacial score (nSPS) is 11.5. The number of thiophene rings is 1. The molecule has 1 aromatic carbocycles. The number of aliphatic imine (C=N–C) groups is 1. The van der Waals surface area contributed by atoms with E-state index in [-0.39, 0.29) is 5.82 Å². The van der Waals surface area contributed by atoms with E-state index in [2.05, 4.69) is 15.6 Å². The number of nitrogens with zero attached hydrogens (tertiary/aromatic N) is 1. The molecular formula is C15H17F2N3S. The van der Waals surface area contributed by atoms with Crippen LogP contribution >= 0.6 is 11.3 Å².